The van der Waals surface area contributed by atoms with Crippen LogP contribution in [-0.4, -0.2) is 19.0 Å². The van der Waals surface area contributed by atoms with Crippen molar-refractivity contribution in [3.05, 3.63) is 29.6 Å². The van der Waals surface area contributed by atoms with Gasteiger partial charge in [0.15, 0.2) is 0 Å². The van der Waals surface area contributed by atoms with Crippen LogP contribution in [0.1, 0.15) is 10.4 Å². The Balaban J connectivity index is 2.83. The molecule has 76 valence electrons. The molecule has 5 heteroatoms. The van der Waals surface area contributed by atoms with Crippen molar-refractivity contribution in [2.75, 3.05) is 18.8 Å². The average molecular weight is 197 g/mol. The number of anilines is 1. The van der Waals surface area contributed by atoms with E-state index in [-0.39, 0.29) is 11.3 Å². The summed E-state index contributed by atoms with van der Waals surface area (Å²) in [7, 11) is 0. The molecule has 0 heterocycles. The fourth-order valence-corrected chi connectivity index (χ4v) is 1.01. The molecular formula is C9H12FN3O. The highest BCUT2D eigenvalue weighted by atomic mass is 19.1. The highest BCUT2D eigenvalue weighted by Gasteiger charge is 2.09. The lowest BCUT2D eigenvalue weighted by molar-refractivity contribution is 0.0955. The van der Waals surface area contributed by atoms with Crippen LogP contribution in [0.3, 0.4) is 0 Å². The first kappa shape index (κ1) is 10.5. The quantitative estimate of drug-likeness (QED) is 0.601. The Morgan fingerprint density at radius 1 is 1.50 bits per heavy atom. The van der Waals surface area contributed by atoms with Crippen LogP contribution in [0, 0.1) is 5.82 Å². The largest absolute Gasteiger partial charge is 0.398 e. The summed E-state index contributed by atoms with van der Waals surface area (Å²) in [5, 5.41) is 2.51. The van der Waals surface area contributed by atoms with E-state index in [9.17, 15) is 9.18 Å². The van der Waals surface area contributed by atoms with Crippen LogP contribution in [-0.2, 0) is 0 Å². The van der Waals surface area contributed by atoms with Crippen molar-refractivity contribution in [3.8, 4) is 0 Å². The molecule has 1 aromatic rings. The Labute approximate surface area is 81.1 Å². The van der Waals surface area contributed by atoms with E-state index in [0.29, 0.717) is 13.1 Å². The molecule has 1 aromatic carbocycles. The van der Waals surface area contributed by atoms with Gasteiger partial charge in [0.25, 0.3) is 5.91 Å². The molecule has 5 N–H and O–H groups in total. The van der Waals surface area contributed by atoms with Gasteiger partial charge < -0.3 is 16.8 Å². The Hall–Kier alpha value is -1.62. The van der Waals surface area contributed by atoms with Gasteiger partial charge in [0.1, 0.15) is 5.82 Å². The van der Waals surface area contributed by atoms with Crippen LogP contribution < -0.4 is 16.8 Å². The number of nitrogens with one attached hydrogen (secondary N) is 1. The van der Waals surface area contributed by atoms with Crippen molar-refractivity contribution in [1.82, 2.24) is 5.32 Å². The highest BCUT2D eigenvalue weighted by molar-refractivity contribution is 5.99. The topological polar surface area (TPSA) is 81.1 Å². The van der Waals surface area contributed by atoms with Gasteiger partial charge >= 0.3 is 0 Å². The summed E-state index contributed by atoms with van der Waals surface area (Å²) in [6.45, 7) is 0.676. The molecule has 0 spiro atoms. The van der Waals surface area contributed by atoms with Crippen LogP contribution in [0.4, 0.5) is 10.1 Å². The maximum atomic E-state index is 12.8. The minimum absolute atomic E-state index is 0.137. The Bertz CT molecular complexity index is 341. The molecule has 0 saturated carbocycles. The van der Waals surface area contributed by atoms with E-state index < -0.39 is 11.7 Å². The van der Waals surface area contributed by atoms with E-state index >= 15 is 0 Å². The standard InChI is InChI=1S/C9H12FN3O/c10-6-1-2-8(12)7(5-6)9(14)13-4-3-11/h1-2,5H,3-4,11-12H2,(H,13,14). The molecule has 0 aliphatic heterocycles. The lowest BCUT2D eigenvalue weighted by Crippen LogP contribution is -2.29. The number of hydrogen-bond acceptors (Lipinski definition) is 3. The number of halogens is 1. The van der Waals surface area contributed by atoms with E-state index in [1.165, 1.54) is 12.1 Å². The molecule has 0 aliphatic rings. The summed E-state index contributed by atoms with van der Waals surface area (Å²) in [4.78, 5) is 11.4. The Morgan fingerprint density at radius 3 is 2.86 bits per heavy atom. The minimum Gasteiger partial charge on any atom is -0.398 e. The molecule has 0 unspecified atom stereocenters. The van der Waals surface area contributed by atoms with Crippen molar-refractivity contribution in [2.24, 2.45) is 5.73 Å². The zero-order valence-electron chi connectivity index (χ0n) is 7.59. The van der Waals surface area contributed by atoms with E-state index in [1.54, 1.807) is 0 Å². The summed E-state index contributed by atoms with van der Waals surface area (Å²) in [5.41, 5.74) is 11.1. The van der Waals surface area contributed by atoms with Gasteiger partial charge in [0.2, 0.25) is 0 Å². The summed E-state index contributed by atoms with van der Waals surface area (Å²) in [6, 6.07) is 3.66. The molecule has 0 aliphatic carbocycles. The van der Waals surface area contributed by atoms with Gasteiger partial charge in [-0.3, -0.25) is 4.79 Å². The first-order chi connectivity index (χ1) is 6.65. The molecule has 14 heavy (non-hydrogen) atoms. The summed E-state index contributed by atoms with van der Waals surface area (Å²) < 4.78 is 12.8. The van der Waals surface area contributed by atoms with Crippen LogP contribution in [0.15, 0.2) is 18.2 Å². The molecule has 1 amide bonds. The predicted octanol–water partition coefficient (Wildman–Crippen LogP) is 0.0964. The molecule has 4 nitrogen and oxygen atoms in total. The zero-order valence-corrected chi connectivity index (χ0v) is 7.59. The van der Waals surface area contributed by atoms with Gasteiger partial charge in [-0.05, 0) is 18.2 Å². The van der Waals surface area contributed by atoms with Crippen LogP contribution >= 0.6 is 0 Å². The first-order valence-corrected chi connectivity index (χ1v) is 4.18. The normalized spacial score (nSPS) is 9.86. The number of benzene rings is 1. The van der Waals surface area contributed by atoms with Gasteiger partial charge in [0.05, 0.1) is 5.56 Å². The molecule has 0 radical (unpaired) electrons. The lowest BCUT2D eigenvalue weighted by atomic mass is 10.1. The fraction of sp³-hybridized carbons (Fsp3) is 0.222. The monoisotopic (exact) mass is 197 g/mol. The van der Waals surface area contributed by atoms with Gasteiger partial charge in [-0.25, -0.2) is 4.39 Å². The van der Waals surface area contributed by atoms with Gasteiger partial charge in [-0.2, -0.15) is 0 Å². The molecule has 0 fully saturated rings. The first-order valence-electron chi connectivity index (χ1n) is 4.18. The van der Waals surface area contributed by atoms with Gasteiger partial charge in [-0.15, -0.1) is 0 Å². The third-order valence-corrected chi connectivity index (χ3v) is 1.69. The molecule has 0 atom stereocenters. The SMILES string of the molecule is NCCNC(=O)c1cc(F)ccc1N. The van der Waals surface area contributed by atoms with Crippen molar-refractivity contribution in [3.63, 3.8) is 0 Å². The number of rotatable bonds is 3. The number of amides is 1. The van der Waals surface area contributed by atoms with Crippen molar-refractivity contribution in [1.29, 1.82) is 0 Å². The number of nitrogen functional groups attached to an aromatic ring is 1. The summed E-state index contributed by atoms with van der Waals surface area (Å²) in [5.74, 6) is -0.899. The van der Waals surface area contributed by atoms with E-state index in [1.807, 2.05) is 0 Å². The van der Waals surface area contributed by atoms with Crippen LogP contribution in [0.25, 0.3) is 0 Å². The van der Waals surface area contributed by atoms with Crippen molar-refractivity contribution in [2.45, 2.75) is 0 Å². The molecular weight excluding hydrogens is 185 g/mol. The second-order valence-electron chi connectivity index (χ2n) is 2.78. The Kier molecular flexibility index (Phi) is 3.41. The smallest absolute Gasteiger partial charge is 0.253 e. The zero-order chi connectivity index (χ0) is 10.6. The molecule has 0 aromatic heterocycles. The second kappa shape index (κ2) is 4.57. The molecule has 0 saturated heterocycles. The highest BCUT2D eigenvalue weighted by Crippen LogP contribution is 2.12. The molecule has 0 bridgehead atoms. The maximum absolute atomic E-state index is 12.8. The van der Waals surface area contributed by atoms with E-state index in [2.05, 4.69) is 5.32 Å². The number of carbonyl (C=O) groups excluding carboxylic acids is 1. The van der Waals surface area contributed by atoms with Crippen LogP contribution in [0.5, 0.6) is 0 Å². The number of nitrogens with two attached hydrogens (primary N) is 2. The minimum atomic E-state index is -0.489. The van der Waals surface area contributed by atoms with Crippen LogP contribution in [0.2, 0.25) is 0 Å². The van der Waals surface area contributed by atoms with Crippen molar-refractivity contribution < 1.29 is 9.18 Å². The molecule has 1 rings (SSSR count). The van der Waals surface area contributed by atoms with Crippen molar-refractivity contribution >= 4 is 11.6 Å². The average Bonchev–Trinajstić information content (AvgIpc) is 2.18. The number of hydrogen-bond donors (Lipinski definition) is 3. The Morgan fingerprint density at radius 2 is 2.21 bits per heavy atom. The fourth-order valence-electron chi connectivity index (χ4n) is 1.01. The van der Waals surface area contributed by atoms with E-state index in [4.69, 9.17) is 11.5 Å². The third kappa shape index (κ3) is 2.43. The third-order valence-electron chi connectivity index (χ3n) is 1.69. The summed E-state index contributed by atoms with van der Waals surface area (Å²) in [6.07, 6.45) is 0. The summed E-state index contributed by atoms with van der Waals surface area (Å²) >= 11 is 0. The van der Waals surface area contributed by atoms with E-state index in [0.717, 1.165) is 6.07 Å². The van der Waals surface area contributed by atoms with Gasteiger partial charge in [0, 0.05) is 18.8 Å². The predicted molar refractivity (Wildman–Crippen MR) is 52.2 cm³/mol. The maximum Gasteiger partial charge on any atom is 0.253 e. The second-order valence-corrected chi connectivity index (χ2v) is 2.78. The number of carbonyl (C=O) groups is 1. The lowest BCUT2D eigenvalue weighted by Gasteiger charge is -2.06. The van der Waals surface area contributed by atoms with Gasteiger partial charge in [-0.1, -0.05) is 0 Å².